The van der Waals surface area contributed by atoms with Crippen LogP contribution in [0, 0.1) is 0 Å². The first-order chi connectivity index (χ1) is 12.8. The summed E-state index contributed by atoms with van der Waals surface area (Å²) in [5, 5.41) is 2.63. The Morgan fingerprint density at radius 3 is 2.26 bits per heavy atom. The monoisotopic (exact) mass is 390 g/mol. The molecule has 0 saturated heterocycles. The van der Waals surface area contributed by atoms with Crippen molar-refractivity contribution in [2.45, 2.75) is 19.9 Å². The van der Waals surface area contributed by atoms with Gasteiger partial charge in [-0.1, -0.05) is 30.3 Å². The second-order valence-electron chi connectivity index (χ2n) is 5.83. The highest BCUT2D eigenvalue weighted by Gasteiger charge is 2.29. The molecule has 0 fully saturated rings. The van der Waals surface area contributed by atoms with E-state index in [4.69, 9.17) is 4.74 Å². The maximum Gasteiger partial charge on any atom is 0.340 e. The van der Waals surface area contributed by atoms with Gasteiger partial charge in [-0.15, -0.1) is 0 Å². The molecular weight excluding hydrogens is 368 g/mol. The lowest BCUT2D eigenvalue weighted by molar-refractivity contribution is -0.116. The van der Waals surface area contributed by atoms with Gasteiger partial charge in [0.2, 0.25) is 15.9 Å². The predicted molar refractivity (Wildman–Crippen MR) is 104 cm³/mol. The van der Waals surface area contributed by atoms with E-state index < -0.39 is 27.9 Å². The highest BCUT2D eigenvalue weighted by molar-refractivity contribution is 7.92. The van der Waals surface area contributed by atoms with Crippen LogP contribution in [-0.2, 0) is 19.6 Å². The highest BCUT2D eigenvalue weighted by atomic mass is 32.2. The van der Waals surface area contributed by atoms with Crippen LogP contribution in [0.5, 0.6) is 0 Å². The average Bonchev–Trinajstić information content (AvgIpc) is 2.62. The van der Waals surface area contributed by atoms with E-state index in [9.17, 15) is 18.0 Å². The zero-order chi connectivity index (χ0) is 20.0. The third-order valence-electron chi connectivity index (χ3n) is 3.78. The van der Waals surface area contributed by atoms with Crippen LogP contribution in [0.2, 0.25) is 0 Å². The van der Waals surface area contributed by atoms with Gasteiger partial charge in [-0.3, -0.25) is 9.10 Å². The summed E-state index contributed by atoms with van der Waals surface area (Å²) in [5.41, 5.74) is 0.834. The number of sulfonamides is 1. The van der Waals surface area contributed by atoms with E-state index in [1.807, 2.05) is 0 Å². The summed E-state index contributed by atoms with van der Waals surface area (Å²) in [6.07, 6.45) is 1.04. The molecule has 1 atom stereocenters. The fourth-order valence-electron chi connectivity index (χ4n) is 2.60. The third-order valence-corrected chi connectivity index (χ3v) is 5.02. The number of amides is 1. The van der Waals surface area contributed by atoms with Crippen molar-refractivity contribution in [3.63, 3.8) is 0 Å². The van der Waals surface area contributed by atoms with Crippen molar-refractivity contribution in [2.75, 3.05) is 22.5 Å². The number of anilines is 2. The van der Waals surface area contributed by atoms with Gasteiger partial charge < -0.3 is 10.1 Å². The maximum atomic E-state index is 12.7. The summed E-state index contributed by atoms with van der Waals surface area (Å²) < 4.78 is 30.5. The highest BCUT2D eigenvalue weighted by Crippen LogP contribution is 2.22. The van der Waals surface area contributed by atoms with E-state index in [0.29, 0.717) is 5.69 Å². The zero-order valence-electron chi connectivity index (χ0n) is 15.4. The van der Waals surface area contributed by atoms with Gasteiger partial charge in [0, 0.05) is 0 Å². The summed E-state index contributed by atoms with van der Waals surface area (Å²) in [6.45, 7) is 3.37. The van der Waals surface area contributed by atoms with Crippen molar-refractivity contribution in [3.8, 4) is 0 Å². The van der Waals surface area contributed by atoms with Crippen LogP contribution in [0.1, 0.15) is 24.2 Å². The van der Waals surface area contributed by atoms with Gasteiger partial charge in [0.05, 0.1) is 29.8 Å². The Hall–Kier alpha value is -2.87. The number of carbonyl (C=O) groups excluding carboxylic acids is 2. The Morgan fingerprint density at radius 1 is 1.07 bits per heavy atom. The predicted octanol–water partition coefficient (Wildman–Crippen LogP) is 2.66. The van der Waals surface area contributed by atoms with Gasteiger partial charge in [0.25, 0.3) is 0 Å². The lowest BCUT2D eigenvalue weighted by Crippen LogP contribution is -2.45. The fourth-order valence-corrected chi connectivity index (χ4v) is 3.77. The normalized spacial score (nSPS) is 12.1. The van der Waals surface area contributed by atoms with Crippen LogP contribution in [0.25, 0.3) is 0 Å². The lowest BCUT2D eigenvalue weighted by Gasteiger charge is -2.28. The molecule has 0 heterocycles. The van der Waals surface area contributed by atoms with Crippen LogP contribution in [0.15, 0.2) is 54.6 Å². The second kappa shape index (κ2) is 8.68. The third kappa shape index (κ3) is 5.07. The van der Waals surface area contributed by atoms with Crippen molar-refractivity contribution in [2.24, 2.45) is 0 Å². The van der Waals surface area contributed by atoms with Gasteiger partial charge in [0.1, 0.15) is 6.04 Å². The van der Waals surface area contributed by atoms with Gasteiger partial charge in [-0.2, -0.15) is 0 Å². The van der Waals surface area contributed by atoms with Gasteiger partial charge in [-0.25, -0.2) is 13.2 Å². The zero-order valence-corrected chi connectivity index (χ0v) is 16.2. The SMILES string of the molecule is CCOC(=O)c1ccccc1NC(=O)[C@H](C)N(c1ccccc1)S(C)(=O)=O. The molecule has 0 radical (unpaired) electrons. The smallest absolute Gasteiger partial charge is 0.340 e. The molecule has 0 aliphatic rings. The Kier molecular flexibility index (Phi) is 6.57. The minimum Gasteiger partial charge on any atom is -0.462 e. The Balaban J connectivity index is 2.31. The first kappa shape index (κ1) is 20.4. The molecule has 1 N–H and O–H groups in total. The molecule has 7 nitrogen and oxygen atoms in total. The summed E-state index contributed by atoms with van der Waals surface area (Å²) in [4.78, 5) is 24.8. The maximum absolute atomic E-state index is 12.7. The molecule has 0 aromatic heterocycles. The van der Waals surface area contributed by atoms with E-state index in [1.165, 1.54) is 13.0 Å². The number of hydrogen-bond donors (Lipinski definition) is 1. The van der Waals surface area contributed by atoms with Crippen LogP contribution >= 0.6 is 0 Å². The Morgan fingerprint density at radius 2 is 1.67 bits per heavy atom. The number of rotatable bonds is 7. The minimum atomic E-state index is -3.71. The largest absolute Gasteiger partial charge is 0.462 e. The van der Waals surface area contributed by atoms with Crippen LogP contribution < -0.4 is 9.62 Å². The number of carbonyl (C=O) groups is 2. The molecule has 0 aliphatic heterocycles. The molecule has 0 aliphatic carbocycles. The van der Waals surface area contributed by atoms with E-state index in [2.05, 4.69) is 5.32 Å². The Labute approximate surface area is 159 Å². The van der Waals surface area contributed by atoms with Crippen molar-refractivity contribution < 1.29 is 22.7 Å². The summed E-state index contributed by atoms with van der Waals surface area (Å²) in [7, 11) is -3.71. The van der Waals surface area contributed by atoms with Gasteiger partial charge >= 0.3 is 5.97 Å². The van der Waals surface area contributed by atoms with E-state index >= 15 is 0 Å². The quantitative estimate of drug-likeness (QED) is 0.734. The number of ether oxygens (including phenoxy) is 1. The van der Waals surface area contributed by atoms with E-state index in [0.717, 1.165) is 10.6 Å². The van der Waals surface area contributed by atoms with Gasteiger partial charge in [0.15, 0.2) is 0 Å². The fraction of sp³-hybridized carbons (Fsp3) is 0.263. The molecule has 2 aromatic carbocycles. The lowest BCUT2D eigenvalue weighted by atomic mass is 10.1. The number of para-hydroxylation sites is 2. The number of hydrogen-bond acceptors (Lipinski definition) is 5. The van der Waals surface area contributed by atoms with Crippen molar-refractivity contribution in [1.29, 1.82) is 0 Å². The number of nitrogens with one attached hydrogen (secondary N) is 1. The number of esters is 1. The molecule has 2 rings (SSSR count). The summed E-state index contributed by atoms with van der Waals surface area (Å²) >= 11 is 0. The van der Waals surface area contributed by atoms with Crippen molar-refractivity contribution in [3.05, 3.63) is 60.2 Å². The molecule has 2 aromatic rings. The van der Waals surface area contributed by atoms with Gasteiger partial charge in [-0.05, 0) is 38.1 Å². The van der Waals surface area contributed by atoms with Crippen LogP contribution in [0.3, 0.4) is 0 Å². The van der Waals surface area contributed by atoms with Crippen molar-refractivity contribution in [1.82, 2.24) is 0 Å². The second-order valence-corrected chi connectivity index (χ2v) is 7.69. The molecule has 0 unspecified atom stereocenters. The molecule has 0 bridgehead atoms. The molecule has 27 heavy (non-hydrogen) atoms. The van der Waals surface area contributed by atoms with Crippen LogP contribution in [0.4, 0.5) is 11.4 Å². The summed E-state index contributed by atoms with van der Waals surface area (Å²) in [5.74, 6) is -1.13. The topological polar surface area (TPSA) is 92.8 Å². The molecule has 0 saturated carbocycles. The average molecular weight is 390 g/mol. The molecular formula is C19H22N2O5S. The number of benzene rings is 2. The molecule has 144 valence electrons. The Bertz CT molecular complexity index is 913. The standard InChI is InChI=1S/C19H22N2O5S/c1-4-26-19(23)16-12-8-9-13-17(16)20-18(22)14(2)21(27(3,24)25)15-10-6-5-7-11-15/h5-14H,4H2,1-3H3,(H,20,22)/t14-/m0/s1. The van der Waals surface area contributed by atoms with Crippen molar-refractivity contribution >= 4 is 33.3 Å². The van der Waals surface area contributed by atoms with E-state index in [-0.39, 0.29) is 17.9 Å². The molecule has 0 spiro atoms. The molecule has 1 amide bonds. The first-order valence-corrected chi connectivity index (χ1v) is 10.2. The number of nitrogens with zero attached hydrogens (tertiary/aromatic N) is 1. The van der Waals surface area contributed by atoms with E-state index in [1.54, 1.807) is 55.5 Å². The van der Waals surface area contributed by atoms with Crippen LogP contribution in [-0.4, -0.2) is 39.2 Å². The first-order valence-electron chi connectivity index (χ1n) is 8.37. The molecule has 8 heteroatoms. The minimum absolute atomic E-state index is 0.200. The summed E-state index contributed by atoms with van der Waals surface area (Å²) in [6, 6.07) is 13.7.